The minimum Gasteiger partial charge on any atom is -0.497 e. The Hall–Kier alpha value is -2.64. The molecule has 2 atom stereocenters. The molecular formula is C21H21N3O2S2. The molecule has 4 rings (SSSR count). The number of nitrogens with one attached hydrogen (secondary N) is 1. The van der Waals surface area contributed by atoms with Gasteiger partial charge < -0.3 is 19.7 Å². The summed E-state index contributed by atoms with van der Waals surface area (Å²) in [7, 11) is 3.30. The first-order valence-corrected chi connectivity index (χ1v) is 10.2. The standard InChI is InChI=1S/C21H21N3O2S2/c1-13-9-11-28-20(13)19-18(15-6-4-5-10-22-15)23-21(27)24(19)16-8-7-14(25-2)12-17(16)26-3/h4-12,18-19H,1-3H3,(H,23,27)/t18-,19+/m0/s1. The summed E-state index contributed by atoms with van der Waals surface area (Å²) in [4.78, 5) is 7.97. The number of aromatic nitrogens is 1. The molecular weight excluding hydrogens is 390 g/mol. The highest BCUT2D eigenvalue weighted by molar-refractivity contribution is 7.80. The SMILES string of the molecule is COc1ccc(N2C(=S)N[C@@H](c3ccccn3)[C@@H]2c2sccc2C)c(OC)c1. The van der Waals surface area contributed by atoms with Crippen LogP contribution in [0.4, 0.5) is 5.69 Å². The fourth-order valence-corrected chi connectivity index (χ4v) is 4.94. The molecule has 1 saturated heterocycles. The zero-order valence-electron chi connectivity index (χ0n) is 15.9. The van der Waals surface area contributed by atoms with Gasteiger partial charge in [-0.15, -0.1) is 11.3 Å². The van der Waals surface area contributed by atoms with Crippen LogP contribution in [-0.4, -0.2) is 24.3 Å². The molecule has 7 heteroatoms. The summed E-state index contributed by atoms with van der Waals surface area (Å²) < 4.78 is 11.0. The Kier molecular flexibility index (Phi) is 5.19. The number of thiocarbonyl (C=S) groups is 1. The maximum absolute atomic E-state index is 5.77. The van der Waals surface area contributed by atoms with E-state index in [4.69, 9.17) is 21.7 Å². The number of anilines is 1. The third kappa shape index (κ3) is 3.21. The number of pyridine rings is 1. The van der Waals surface area contributed by atoms with Crippen molar-refractivity contribution in [2.75, 3.05) is 19.1 Å². The second-order valence-corrected chi connectivity index (χ2v) is 7.84. The van der Waals surface area contributed by atoms with E-state index < -0.39 is 0 Å². The van der Waals surface area contributed by atoms with Crippen molar-refractivity contribution in [2.45, 2.75) is 19.0 Å². The van der Waals surface area contributed by atoms with Crippen LogP contribution in [0.25, 0.3) is 0 Å². The van der Waals surface area contributed by atoms with E-state index in [0.29, 0.717) is 10.9 Å². The molecule has 1 N–H and O–H groups in total. The number of ether oxygens (including phenoxy) is 2. The molecule has 1 aliphatic rings. The van der Waals surface area contributed by atoms with Crippen molar-refractivity contribution >= 4 is 34.4 Å². The number of rotatable bonds is 5. The van der Waals surface area contributed by atoms with Crippen molar-refractivity contribution in [2.24, 2.45) is 0 Å². The second kappa shape index (κ2) is 7.77. The minimum atomic E-state index is -0.0575. The molecule has 1 aliphatic heterocycles. The topological polar surface area (TPSA) is 46.6 Å². The maximum atomic E-state index is 5.77. The van der Waals surface area contributed by atoms with Crippen LogP contribution in [0, 0.1) is 6.92 Å². The minimum absolute atomic E-state index is 0.0234. The number of nitrogens with zero attached hydrogens (tertiary/aromatic N) is 2. The zero-order chi connectivity index (χ0) is 19.7. The normalized spacial score (nSPS) is 18.8. The van der Waals surface area contributed by atoms with Crippen LogP contribution in [-0.2, 0) is 0 Å². The molecule has 0 radical (unpaired) electrons. The van der Waals surface area contributed by atoms with Crippen LogP contribution in [0.3, 0.4) is 0 Å². The van der Waals surface area contributed by atoms with Gasteiger partial charge in [-0.2, -0.15) is 0 Å². The zero-order valence-corrected chi connectivity index (χ0v) is 17.5. The largest absolute Gasteiger partial charge is 0.497 e. The monoisotopic (exact) mass is 411 g/mol. The fraction of sp³-hybridized carbons (Fsp3) is 0.238. The van der Waals surface area contributed by atoms with E-state index in [1.54, 1.807) is 25.6 Å². The van der Waals surface area contributed by atoms with Crippen LogP contribution >= 0.6 is 23.6 Å². The molecule has 0 spiro atoms. The molecule has 28 heavy (non-hydrogen) atoms. The van der Waals surface area contributed by atoms with Gasteiger partial charge in [-0.1, -0.05) is 6.07 Å². The van der Waals surface area contributed by atoms with Crippen molar-refractivity contribution in [3.63, 3.8) is 0 Å². The van der Waals surface area contributed by atoms with Crippen LogP contribution in [0.2, 0.25) is 0 Å². The molecule has 3 aromatic rings. The number of thiophene rings is 1. The number of methoxy groups -OCH3 is 2. The molecule has 0 unspecified atom stereocenters. The van der Waals surface area contributed by atoms with E-state index in [1.165, 1.54) is 10.4 Å². The molecule has 2 aromatic heterocycles. The van der Waals surface area contributed by atoms with E-state index >= 15 is 0 Å². The molecule has 144 valence electrons. The first-order valence-electron chi connectivity index (χ1n) is 8.90. The van der Waals surface area contributed by atoms with E-state index in [2.05, 4.69) is 33.6 Å². The summed E-state index contributed by atoms with van der Waals surface area (Å²) in [6.45, 7) is 2.13. The summed E-state index contributed by atoms with van der Waals surface area (Å²) in [6.07, 6.45) is 1.81. The average Bonchev–Trinajstić information content (AvgIpc) is 3.30. The molecule has 5 nitrogen and oxygen atoms in total. The molecule has 0 aliphatic carbocycles. The lowest BCUT2D eigenvalue weighted by Crippen LogP contribution is -2.29. The maximum Gasteiger partial charge on any atom is 0.174 e. The van der Waals surface area contributed by atoms with Crippen LogP contribution in [0.15, 0.2) is 54.0 Å². The van der Waals surface area contributed by atoms with Crippen LogP contribution < -0.4 is 19.7 Å². The number of aryl methyl sites for hydroxylation is 1. The smallest absolute Gasteiger partial charge is 0.174 e. The average molecular weight is 412 g/mol. The van der Waals surface area contributed by atoms with Crippen molar-refractivity contribution in [3.8, 4) is 11.5 Å². The number of benzene rings is 1. The van der Waals surface area contributed by atoms with Crippen LogP contribution in [0.1, 0.15) is 28.2 Å². The predicted octanol–water partition coefficient (Wildman–Crippen LogP) is 4.65. The molecule has 1 aromatic carbocycles. The number of hydrogen-bond donors (Lipinski definition) is 1. The highest BCUT2D eigenvalue weighted by Crippen LogP contribution is 2.47. The predicted molar refractivity (Wildman–Crippen MR) is 117 cm³/mol. The van der Waals surface area contributed by atoms with Gasteiger partial charge in [-0.25, -0.2) is 0 Å². The second-order valence-electron chi connectivity index (χ2n) is 6.50. The Morgan fingerprint density at radius 1 is 1.14 bits per heavy atom. The van der Waals surface area contributed by atoms with Gasteiger partial charge in [0.25, 0.3) is 0 Å². The van der Waals surface area contributed by atoms with Gasteiger partial charge in [0.1, 0.15) is 11.5 Å². The van der Waals surface area contributed by atoms with Crippen molar-refractivity contribution in [1.29, 1.82) is 0 Å². The van der Waals surface area contributed by atoms with Crippen LogP contribution in [0.5, 0.6) is 11.5 Å². The van der Waals surface area contributed by atoms with Crippen molar-refractivity contribution in [3.05, 3.63) is 70.2 Å². The van der Waals surface area contributed by atoms with Crippen molar-refractivity contribution in [1.82, 2.24) is 10.3 Å². The van der Waals surface area contributed by atoms with E-state index in [0.717, 1.165) is 17.1 Å². The third-order valence-corrected chi connectivity index (χ3v) is 6.32. The molecule has 0 amide bonds. The summed E-state index contributed by atoms with van der Waals surface area (Å²) in [5, 5.41) is 6.24. The van der Waals surface area contributed by atoms with Gasteiger partial charge >= 0.3 is 0 Å². The highest BCUT2D eigenvalue weighted by atomic mass is 32.1. The molecule has 0 bridgehead atoms. The van der Waals surface area contributed by atoms with E-state index in [1.807, 2.05) is 42.6 Å². The quantitative estimate of drug-likeness (QED) is 0.617. The lowest BCUT2D eigenvalue weighted by Gasteiger charge is -2.29. The Bertz CT molecular complexity index is 990. The van der Waals surface area contributed by atoms with Gasteiger partial charge in [0, 0.05) is 17.1 Å². The van der Waals surface area contributed by atoms with E-state index in [-0.39, 0.29) is 12.1 Å². The first kappa shape index (κ1) is 18.7. The molecule has 0 saturated carbocycles. The lowest BCUT2D eigenvalue weighted by molar-refractivity contribution is 0.394. The lowest BCUT2D eigenvalue weighted by atomic mass is 10.0. The van der Waals surface area contributed by atoms with Crippen molar-refractivity contribution < 1.29 is 9.47 Å². The first-order chi connectivity index (χ1) is 13.6. The van der Waals surface area contributed by atoms with Gasteiger partial charge in [0.05, 0.1) is 37.7 Å². The molecule has 3 heterocycles. The van der Waals surface area contributed by atoms with Gasteiger partial charge in [-0.3, -0.25) is 4.98 Å². The molecule has 1 fully saturated rings. The summed E-state index contributed by atoms with van der Waals surface area (Å²) >= 11 is 7.50. The third-order valence-electron chi connectivity index (χ3n) is 4.91. The Balaban J connectivity index is 1.86. The summed E-state index contributed by atoms with van der Waals surface area (Å²) in [5.41, 5.74) is 3.09. The Morgan fingerprint density at radius 2 is 2.00 bits per heavy atom. The Morgan fingerprint density at radius 3 is 2.64 bits per heavy atom. The fourth-order valence-electron chi connectivity index (χ4n) is 3.55. The van der Waals surface area contributed by atoms with Gasteiger partial charge in [-0.05, 0) is 60.4 Å². The van der Waals surface area contributed by atoms with Gasteiger partial charge in [0.2, 0.25) is 0 Å². The van der Waals surface area contributed by atoms with E-state index in [9.17, 15) is 0 Å². The Labute approximate surface area is 173 Å². The number of hydrogen-bond acceptors (Lipinski definition) is 5. The van der Waals surface area contributed by atoms with Gasteiger partial charge in [0.15, 0.2) is 5.11 Å². The summed E-state index contributed by atoms with van der Waals surface area (Å²) in [5.74, 6) is 1.45. The summed E-state index contributed by atoms with van der Waals surface area (Å²) in [6, 6.07) is 13.8. The highest BCUT2D eigenvalue weighted by Gasteiger charge is 2.42.